The average molecular weight is 390 g/mol. The molecular formula is C13H14Br2N2S. The lowest BCUT2D eigenvalue weighted by Crippen LogP contribution is -1.96. The smallest absolute Gasteiger partial charge is 0.0767 e. The number of benzene rings is 1. The molecule has 1 heterocycles. The third-order valence-corrected chi connectivity index (χ3v) is 5.09. The summed E-state index contributed by atoms with van der Waals surface area (Å²) in [7, 11) is 2.00. The lowest BCUT2D eigenvalue weighted by atomic mass is 10.3. The Morgan fingerprint density at radius 3 is 2.72 bits per heavy atom. The summed E-state index contributed by atoms with van der Waals surface area (Å²) in [5.74, 6) is 0.917. The molecule has 0 radical (unpaired) electrons. The van der Waals surface area contributed by atoms with Gasteiger partial charge in [-0.1, -0.05) is 28.9 Å². The molecule has 0 aliphatic rings. The Morgan fingerprint density at radius 1 is 1.33 bits per heavy atom. The zero-order chi connectivity index (χ0) is 13.1. The van der Waals surface area contributed by atoms with Crippen LogP contribution in [0.2, 0.25) is 0 Å². The van der Waals surface area contributed by atoms with Crippen LogP contribution in [0.3, 0.4) is 0 Å². The third kappa shape index (κ3) is 3.19. The molecule has 1 aromatic carbocycles. The number of nitrogens with zero attached hydrogens (tertiary/aromatic N) is 2. The molecule has 0 spiro atoms. The fraction of sp³-hybridized carbons (Fsp3) is 0.308. The molecule has 0 N–H and O–H groups in total. The van der Waals surface area contributed by atoms with Crippen molar-refractivity contribution in [2.75, 3.05) is 0 Å². The minimum absolute atomic E-state index is 0.917. The van der Waals surface area contributed by atoms with Crippen molar-refractivity contribution in [2.45, 2.75) is 24.0 Å². The first kappa shape index (κ1) is 14.2. The number of rotatable bonds is 4. The van der Waals surface area contributed by atoms with E-state index in [1.165, 1.54) is 10.6 Å². The summed E-state index contributed by atoms with van der Waals surface area (Å²) in [6, 6.07) is 8.36. The minimum atomic E-state index is 0.917. The SMILES string of the molecule is CCc1nn(C)c(CSc2cccc(Br)c2)c1Br. The van der Waals surface area contributed by atoms with Crippen LogP contribution in [0.1, 0.15) is 18.3 Å². The second-order valence-electron chi connectivity index (χ2n) is 3.93. The molecule has 18 heavy (non-hydrogen) atoms. The van der Waals surface area contributed by atoms with E-state index in [1.54, 1.807) is 0 Å². The largest absolute Gasteiger partial charge is 0.270 e. The Labute approximate surface area is 128 Å². The predicted octanol–water partition coefficient (Wildman–Crippen LogP) is 4.80. The number of halogens is 2. The second-order valence-corrected chi connectivity index (χ2v) is 6.69. The van der Waals surface area contributed by atoms with Gasteiger partial charge in [0.15, 0.2) is 0 Å². The maximum Gasteiger partial charge on any atom is 0.0767 e. The molecule has 1 aromatic heterocycles. The Kier molecular flexibility index (Phi) is 4.92. The lowest BCUT2D eigenvalue weighted by Gasteiger charge is -2.04. The van der Waals surface area contributed by atoms with Gasteiger partial charge in [-0.15, -0.1) is 11.8 Å². The van der Waals surface area contributed by atoms with Gasteiger partial charge in [-0.2, -0.15) is 5.10 Å². The summed E-state index contributed by atoms with van der Waals surface area (Å²) in [4.78, 5) is 1.26. The van der Waals surface area contributed by atoms with Crippen molar-refractivity contribution < 1.29 is 0 Å². The van der Waals surface area contributed by atoms with Crippen LogP contribution < -0.4 is 0 Å². The van der Waals surface area contributed by atoms with Crippen LogP contribution >= 0.6 is 43.6 Å². The number of hydrogen-bond donors (Lipinski definition) is 0. The molecule has 0 saturated heterocycles. The van der Waals surface area contributed by atoms with E-state index in [0.717, 1.165) is 26.8 Å². The van der Waals surface area contributed by atoms with Crippen LogP contribution in [0.4, 0.5) is 0 Å². The number of aromatic nitrogens is 2. The van der Waals surface area contributed by atoms with Crippen LogP contribution in [0.15, 0.2) is 38.1 Å². The number of hydrogen-bond acceptors (Lipinski definition) is 2. The van der Waals surface area contributed by atoms with Crippen molar-refractivity contribution in [1.29, 1.82) is 0 Å². The normalized spacial score (nSPS) is 10.9. The molecule has 0 saturated carbocycles. The van der Waals surface area contributed by atoms with Gasteiger partial charge in [0.05, 0.1) is 15.9 Å². The molecule has 0 fully saturated rings. The molecule has 0 aliphatic heterocycles. The average Bonchev–Trinajstić information content (AvgIpc) is 2.62. The fourth-order valence-electron chi connectivity index (χ4n) is 1.69. The van der Waals surface area contributed by atoms with E-state index in [-0.39, 0.29) is 0 Å². The minimum Gasteiger partial charge on any atom is -0.270 e. The zero-order valence-electron chi connectivity index (χ0n) is 10.3. The highest BCUT2D eigenvalue weighted by Crippen LogP contribution is 2.30. The summed E-state index contributed by atoms with van der Waals surface area (Å²) in [5, 5.41) is 4.51. The van der Waals surface area contributed by atoms with Gasteiger partial charge in [-0.25, -0.2) is 0 Å². The maximum absolute atomic E-state index is 4.51. The summed E-state index contributed by atoms with van der Waals surface area (Å²) in [6.07, 6.45) is 0.954. The van der Waals surface area contributed by atoms with Crippen molar-refractivity contribution in [3.8, 4) is 0 Å². The highest BCUT2D eigenvalue weighted by Gasteiger charge is 2.12. The molecular weight excluding hydrogens is 376 g/mol. The zero-order valence-corrected chi connectivity index (χ0v) is 14.3. The van der Waals surface area contributed by atoms with Crippen molar-refractivity contribution >= 4 is 43.6 Å². The van der Waals surface area contributed by atoms with Gasteiger partial charge in [-0.05, 0) is 40.5 Å². The summed E-state index contributed by atoms with van der Waals surface area (Å²) in [6.45, 7) is 2.12. The monoisotopic (exact) mass is 388 g/mol. The van der Waals surface area contributed by atoms with E-state index in [4.69, 9.17) is 0 Å². The van der Waals surface area contributed by atoms with E-state index in [9.17, 15) is 0 Å². The van der Waals surface area contributed by atoms with E-state index < -0.39 is 0 Å². The molecule has 0 aliphatic carbocycles. The molecule has 2 nitrogen and oxygen atoms in total. The first-order valence-electron chi connectivity index (χ1n) is 5.70. The first-order valence-corrected chi connectivity index (χ1v) is 8.27. The van der Waals surface area contributed by atoms with Crippen LogP contribution in [0, 0.1) is 0 Å². The van der Waals surface area contributed by atoms with Gasteiger partial charge in [0.1, 0.15) is 0 Å². The third-order valence-electron chi connectivity index (χ3n) is 2.67. The van der Waals surface area contributed by atoms with Gasteiger partial charge in [0.25, 0.3) is 0 Å². The van der Waals surface area contributed by atoms with E-state index in [1.807, 2.05) is 29.6 Å². The Bertz CT molecular complexity index is 552. The van der Waals surface area contributed by atoms with Crippen molar-refractivity contribution in [3.05, 3.63) is 44.6 Å². The van der Waals surface area contributed by atoms with Crippen LogP contribution in [-0.2, 0) is 19.2 Å². The van der Waals surface area contributed by atoms with Gasteiger partial charge in [-0.3, -0.25) is 4.68 Å². The number of thioether (sulfide) groups is 1. The van der Waals surface area contributed by atoms with Gasteiger partial charge in [0.2, 0.25) is 0 Å². The molecule has 2 rings (SSSR count). The second kappa shape index (κ2) is 6.26. The standard InChI is InChI=1S/C13H14Br2N2S/c1-3-11-13(15)12(17(2)16-11)8-18-10-6-4-5-9(14)7-10/h4-7H,3,8H2,1-2H3. The number of aryl methyl sites for hydroxylation is 2. The summed E-state index contributed by atoms with van der Waals surface area (Å²) < 4.78 is 4.23. The molecule has 0 atom stereocenters. The molecule has 5 heteroatoms. The first-order chi connectivity index (χ1) is 8.61. The molecule has 2 aromatic rings. The fourth-order valence-corrected chi connectivity index (χ4v) is 4.20. The van der Waals surface area contributed by atoms with Gasteiger partial charge < -0.3 is 0 Å². The molecule has 0 bridgehead atoms. The van der Waals surface area contributed by atoms with Crippen molar-refractivity contribution in [3.63, 3.8) is 0 Å². The Balaban J connectivity index is 2.13. The maximum atomic E-state index is 4.51. The lowest BCUT2D eigenvalue weighted by molar-refractivity contribution is 0.719. The van der Waals surface area contributed by atoms with Crippen LogP contribution in [0.25, 0.3) is 0 Å². The van der Waals surface area contributed by atoms with Crippen LogP contribution in [0.5, 0.6) is 0 Å². The highest BCUT2D eigenvalue weighted by molar-refractivity contribution is 9.10. The van der Waals surface area contributed by atoms with Gasteiger partial charge in [0, 0.05) is 22.2 Å². The Hall–Kier alpha value is -0.260. The Morgan fingerprint density at radius 2 is 2.11 bits per heavy atom. The van der Waals surface area contributed by atoms with Crippen LogP contribution in [-0.4, -0.2) is 9.78 Å². The van der Waals surface area contributed by atoms with E-state index in [2.05, 4.69) is 62.1 Å². The molecule has 0 amide bonds. The topological polar surface area (TPSA) is 17.8 Å². The predicted molar refractivity (Wildman–Crippen MR) is 84.0 cm³/mol. The van der Waals surface area contributed by atoms with Crippen molar-refractivity contribution in [2.24, 2.45) is 7.05 Å². The highest BCUT2D eigenvalue weighted by atomic mass is 79.9. The molecule has 96 valence electrons. The molecule has 0 unspecified atom stereocenters. The summed E-state index contributed by atoms with van der Waals surface area (Å²) >= 11 is 8.96. The summed E-state index contributed by atoms with van der Waals surface area (Å²) in [5.41, 5.74) is 2.36. The van der Waals surface area contributed by atoms with Crippen molar-refractivity contribution in [1.82, 2.24) is 9.78 Å². The van der Waals surface area contributed by atoms with E-state index >= 15 is 0 Å². The van der Waals surface area contributed by atoms with E-state index in [0.29, 0.717) is 0 Å². The quantitative estimate of drug-likeness (QED) is 0.699. The van der Waals surface area contributed by atoms with Gasteiger partial charge >= 0.3 is 0 Å².